The summed E-state index contributed by atoms with van der Waals surface area (Å²) in [4.78, 5) is 32.4. The molecule has 0 aromatic heterocycles. The van der Waals surface area contributed by atoms with E-state index in [-0.39, 0.29) is 11.8 Å². The van der Waals surface area contributed by atoms with E-state index >= 15 is 0 Å². The minimum absolute atomic E-state index is 0.0357. The number of fused-ring (bicyclic) bond motifs is 1. The second-order valence-corrected chi connectivity index (χ2v) is 7.20. The van der Waals surface area contributed by atoms with Gasteiger partial charge in [0.05, 0.1) is 12.3 Å². The Morgan fingerprint density at radius 2 is 2.26 bits per heavy atom. The maximum atomic E-state index is 12.6. The van der Waals surface area contributed by atoms with Crippen molar-refractivity contribution in [1.29, 1.82) is 0 Å². The Morgan fingerprint density at radius 3 is 3.00 bits per heavy atom. The number of rotatable bonds is 5. The number of thioether (sulfide) groups is 1. The summed E-state index contributed by atoms with van der Waals surface area (Å²) in [7, 11) is 0. The molecule has 3 aliphatic rings. The van der Waals surface area contributed by atoms with Crippen LogP contribution in [-0.4, -0.2) is 58.1 Å². The van der Waals surface area contributed by atoms with Crippen LogP contribution < -0.4 is 0 Å². The molecule has 0 bridgehead atoms. The maximum absolute atomic E-state index is 12.6. The van der Waals surface area contributed by atoms with Crippen molar-refractivity contribution < 1.29 is 14.7 Å². The van der Waals surface area contributed by atoms with Crippen LogP contribution in [0.25, 0.3) is 0 Å². The number of hydrogen-bond acceptors (Lipinski definition) is 5. The van der Waals surface area contributed by atoms with Crippen LogP contribution in [0.2, 0.25) is 0 Å². The highest BCUT2D eigenvalue weighted by molar-refractivity contribution is 8.16. The summed E-state index contributed by atoms with van der Waals surface area (Å²) < 4.78 is 0. The molecule has 3 aliphatic heterocycles. The van der Waals surface area contributed by atoms with Crippen LogP contribution in [0.1, 0.15) is 32.6 Å². The van der Waals surface area contributed by atoms with E-state index in [0.717, 1.165) is 43.2 Å². The highest BCUT2D eigenvalue weighted by atomic mass is 32.2. The third-order valence-corrected chi connectivity index (χ3v) is 5.72. The molecule has 1 fully saturated rings. The molecule has 0 saturated carbocycles. The highest BCUT2D eigenvalue weighted by Gasteiger charge is 2.39. The van der Waals surface area contributed by atoms with E-state index in [1.807, 2.05) is 5.41 Å². The van der Waals surface area contributed by atoms with Crippen molar-refractivity contribution in [2.24, 2.45) is 16.8 Å². The number of amidine groups is 1. The summed E-state index contributed by atoms with van der Waals surface area (Å²) in [6, 6.07) is 0. The zero-order valence-corrected chi connectivity index (χ0v) is 14.2. The van der Waals surface area contributed by atoms with Crippen LogP contribution >= 0.6 is 11.8 Å². The third kappa shape index (κ3) is 3.39. The number of carbonyl (C=O) groups excluding carboxylic acids is 1. The predicted octanol–water partition coefficient (Wildman–Crippen LogP) is 1.99. The van der Waals surface area contributed by atoms with E-state index in [4.69, 9.17) is 0 Å². The molecule has 6 nitrogen and oxygen atoms in total. The van der Waals surface area contributed by atoms with Gasteiger partial charge in [-0.1, -0.05) is 25.1 Å². The molecule has 3 heterocycles. The van der Waals surface area contributed by atoms with Gasteiger partial charge < -0.3 is 14.9 Å². The van der Waals surface area contributed by atoms with E-state index in [9.17, 15) is 14.7 Å². The smallest absolute Gasteiger partial charge is 0.308 e. The van der Waals surface area contributed by atoms with Crippen LogP contribution in [0, 0.1) is 11.8 Å². The largest absolute Gasteiger partial charge is 0.481 e. The van der Waals surface area contributed by atoms with Crippen molar-refractivity contribution in [2.45, 2.75) is 32.6 Å². The fraction of sp³-hybridized carbons (Fsp3) is 0.688. The van der Waals surface area contributed by atoms with E-state index < -0.39 is 11.9 Å². The number of amides is 1. The van der Waals surface area contributed by atoms with E-state index in [0.29, 0.717) is 19.5 Å². The van der Waals surface area contributed by atoms with Crippen molar-refractivity contribution in [3.8, 4) is 0 Å². The Balaban J connectivity index is 1.62. The number of aliphatic imine (C=N–C) groups is 1. The molecule has 0 spiro atoms. The summed E-state index contributed by atoms with van der Waals surface area (Å²) in [6.45, 7) is 4.76. The lowest BCUT2D eigenvalue weighted by molar-refractivity contribution is -0.142. The van der Waals surface area contributed by atoms with Crippen molar-refractivity contribution in [3.05, 3.63) is 11.1 Å². The Morgan fingerprint density at radius 1 is 1.43 bits per heavy atom. The molecule has 23 heavy (non-hydrogen) atoms. The predicted molar refractivity (Wildman–Crippen MR) is 90.0 cm³/mol. The van der Waals surface area contributed by atoms with Gasteiger partial charge in [-0.2, -0.15) is 0 Å². The fourth-order valence-corrected chi connectivity index (χ4v) is 4.51. The lowest BCUT2D eigenvalue weighted by atomic mass is 9.92. The molecule has 126 valence electrons. The van der Waals surface area contributed by atoms with Gasteiger partial charge >= 0.3 is 5.97 Å². The van der Waals surface area contributed by atoms with Gasteiger partial charge in [0.2, 0.25) is 5.91 Å². The van der Waals surface area contributed by atoms with Crippen molar-refractivity contribution >= 4 is 28.8 Å². The van der Waals surface area contributed by atoms with E-state index in [2.05, 4.69) is 16.8 Å². The summed E-state index contributed by atoms with van der Waals surface area (Å²) >= 11 is 1.58. The normalized spacial score (nSPS) is 26.8. The molecule has 3 rings (SSSR count). The monoisotopic (exact) mass is 337 g/mol. The number of carboxylic acids is 1. The zero-order chi connectivity index (χ0) is 16.4. The maximum Gasteiger partial charge on any atom is 0.308 e. The molecule has 7 heteroatoms. The minimum atomic E-state index is -0.778. The van der Waals surface area contributed by atoms with Gasteiger partial charge in [-0.25, -0.2) is 0 Å². The number of nitrogens with zero attached hydrogens (tertiary/aromatic N) is 3. The van der Waals surface area contributed by atoms with Gasteiger partial charge in [-0.05, 0) is 24.2 Å². The number of carboxylic acid groups (broad SMARTS) is 1. The summed E-state index contributed by atoms with van der Waals surface area (Å²) in [6.07, 6.45) is 3.17. The van der Waals surface area contributed by atoms with Gasteiger partial charge in [-0.3, -0.25) is 14.6 Å². The lowest BCUT2D eigenvalue weighted by Gasteiger charge is -2.26. The highest BCUT2D eigenvalue weighted by Crippen LogP contribution is 2.33. The first kappa shape index (κ1) is 16.4. The van der Waals surface area contributed by atoms with Crippen LogP contribution in [0.5, 0.6) is 0 Å². The second-order valence-electron chi connectivity index (χ2n) is 6.37. The topological polar surface area (TPSA) is 73.2 Å². The third-order valence-electron chi connectivity index (χ3n) is 4.77. The van der Waals surface area contributed by atoms with Crippen molar-refractivity contribution in [1.82, 2.24) is 9.80 Å². The quantitative estimate of drug-likeness (QED) is 0.830. The fourth-order valence-electron chi connectivity index (χ4n) is 3.56. The van der Waals surface area contributed by atoms with Gasteiger partial charge in [0.1, 0.15) is 0 Å². The van der Waals surface area contributed by atoms with Crippen molar-refractivity contribution in [2.75, 3.05) is 26.2 Å². The van der Waals surface area contributed by atoms with Crippen molar-refractivity contribution in [3.63, 3.8) is 0 Å². The summed E-state index contributed by atoms with van der Waals surface area (Å²) in [5.41, 5.74) is 1.00. The van der Waals surface area contributed by atoms with Crippen LogP contribution in [-0.2, 0) is 9.59 Å². The Hall–Kier alpha value is -1.50. The van der Waals surface area contributed by atoms with Gasteiger partial charge in [0.15, 0.2) is 5.17 Å². The van der Waals surface area contributed by atoms with Gasteiger partial charge in [0.25, 0.3) is 0 Å². The molecule has 1 saturated heterocycles. The van der Waals surface area contributed by atoms with Gasteiger partial charge in [-0.15, -0.1) is 0 Å². The SMILES string of the molecule is CCC[C@@H]1CN(C(=O)CC2=CSC3=NCCCN23)C[C@H]1C(=O)O. The van der Waals surface area contributed by atoms with E-state index in [1.165, 1.54) is 0 Å². The molecule has 0 aromatic carbocycles. The summed E-state index contributed by atoms with van der Waals surface area (Å²) in [5, 5.41) is 12.4. The standard InChI is InChI=1S/C16H23N3O3S/c1-2-4-11-8-18(9-13(11)15(21)22)14(20)7-12-10-23-16-17-5-3-6-19(12)16/h10-11,13H,2-9H2,1H3,(H,21,22)/t11-,13-/m1/s1. The lowest BCUT2D eigenvalue weighted by Crippen LogP contribution is -2.34. The molecule has 0 aromatic rings. The molecular formula is C16H23N3O3S. The molecule has 1 N–H and O–H groups in total. The first-order valence-corrected chi connectivity index (χ1v) is 9.16. The average molecular weight is 337 g/mol. The number of aliphatic carboxylic acids is 1. The molecule has 0 radical (unpaired) electrons. The first-order valence-electron chi connectivity index (χ1n) is 8.28. The zero-order valence-electron chi connectivity index (χ0n) is 13.4. The second kappa shape index (κ2) is 6.95. The Bertz CT molecular complexity index is 561. The average Bonchev–Trinajstić information content (AvgIpc) is 3.13. The Labute approximate surface area is 140 Å². The Kier molecular flexibility index (Phi) is 4.94. The van der Waals surface area contributed by atoms with Crippen LogP contribution in [0.15, 0.2) is 16.1 Å². The first-order chi connectivity index (χ1) is 11.1. The molecule has 0 unspecified atom stereocenters. The van der Waals surface area contributed by atoms with Crippen LogP contribution in [0.3, 0.4) is 0 Å². The summed E-state index contributed by atoms with van der Waals surface area (Å²) in [5.74, 6) is -1.08. The molecule has 1 amide bonds. The van der Waals surface area contributed by atoms with E-state index in [1.54, 1.807) is 16.7 Å². The molecule has 2 atom stereocenters. The van der Waals surface area contributed by atoms with Crippen LogP contribution in [0.4, 0.5) is 0 Å². The number of carbonyl (C=O) groups is 2. The molecular weight excluding hydrogens is 314 g/mol. The van der Waals surface area contributed by atoms with Gasteiger partial charge in [0, 0.05) is 31.9 Å². The molecule has 0 aliphatic carbocycles. The number of likely N-dealkylation sites (tertiary alicyclic amines) is 1. The minimum Gasteiger partial charge on any atom is -0.481 e. The number of hydrogen-bond donors (Lipinski definition) is 1.